The van der Waals surface area contributed by atoms with Gasteiger partial charge in [0.15, 0.2) is 11.5 Å². The van der Waals surface area contributed by atoms with Gasteiger partial charge < -0.3 is 15.3 Å². The predicted molar refractivity (Wildman–Crippen MR) is 138 cm³/mol. The lowest BCUT2D eigenvalue weighted by atomic mass is 9.97. The van der Waals surface area contributed by atoms with E-state index in [0.29, 0.717) is 37.1 Å². The van der Waals surface area contributed by atoms with Crippen molar-refractivity contribution in [1.29, 1.82) is 0 Å². The number of halogens is 1. The van der Waals surface area contributed by atoms with Gasteiger partial charge in [-0.3, -0.25) is 14.3 Å². The molecule has 0 radical (unpaired) electrons. The number of imidazole rings is 1. The van der Waals surface area contributed by atoms with Crippen molar-refractivity contribution in [3.63, 3.8) is 0 Å². The van der Waals surface area contributed by atoms with Gasteiger partial charge in [-0.15, -0.1) is 0 Å². The smallest absolute Gasteiger partial charge is 0.279 e. The van der Waals surface area contributed by atoms with Gasteiger partial charge in [0.2, 0.25) is 5.95 Å². The maximum absolute atomic E-state index is 13.9. The molecular weight excluding hydrogens is 494 g/mol. The van der Waals surface area contributed by atoms with Gasteiger partial charge in [0, 0.05) is 23.6 Å². The standard InChI is InChI=1S/C26H34BrN5O2/c1-4-17-10-11-31-22(13-17)30(5-2)25(34)23-24(31)29-26(28-19-8-9-20(33)14-19)32(23)15-18-7-6-16(3)21(27)12-18/h6-7,12-13,17,19-20,33H,4-5,8-11,14-15H2,1-3H3,(H,28,29). The van der Waals surface area contributed by atoms with Crippen molar-refractivity contribution in [3.8, 4) is 0 Å². The van der Waals surface area contributed by atoms with Crippen molar-refractivity contribution in [2.45, 2.75) is 71.6 Å². The van der Waals surface area contributed by atoms with Crippen molar-refractivity contribution in [3.05, 3.63) is 51.4 Å². The second-order valence-electron chi connectivity index (χ2n) is 9.77. The van der Waals surface area contributed by atoms with Gasteiger partial charge in [-0.2, -0.15) is 4.98 Å². The van der Waals surface area contributed by atoms with Gasteiger partial charge in [0.1, 0.15) is 5.82 Å². The molecule has 3 unspecified atom stereocenters. The monoisotopic (exact) mass is 527 g/mol. The lowest BCUT2D eigenvalue weighted by Crippen LogP contribution is -2.47. The fraction of sp³-hybridized carbons (Fsp3) is 0.538. The Kier molecular flexibility index (Phi) is 6.46. The molecule has 2 aromatic rings. The van der Waals surface area contributed by atoms with Crippen LogP contribution in [0.1, 0.15) is 67.6 Å². The molecule has 1 aromatic heterocycles. The SMILES string of the molecule is CCC1C=C2N(CC)C(=O)c3c(nc(NC4CCC(O)C4)n3Cc3ccc(C)c(Br)c3)N2CC1. The van der Waals surface area contributed by atoms with Crippen LogP contribution in [-0.4, -0.2) is 50.7 Å². The lowest BCUT2D eigenvalue weighted by molar-refractivity contribution is 0.0784. The Morgan fingerprint density at radius 1 is 1.24 bits per heavy atom. The van der Waals surface area contributed by atoms with Gasteiger partial charge in [0.25, 0.3) is 5.91 Å². The minimum Gasteiger partial charge on any atom is -0.393 e. The van der Waals surface area contributed by atoms with Crippen molar-refractivity contribution < 1.29 is 9.90 Å². The van der Waals surface area contributed by atoms with E-state index in [1.807, 2.05) is 16.4 Å². The second-order valence-corrected chi connectivity index (χ2v) is 10.6. The number of aromatic nitrogens is 2. The summed E-state index contributed by atoms with van der Waals surface area (Å²) in [5.74, 6) is 2.93. The predicted octanol–water partition coefficient (Wildman–Crippen LogP) is 4.88. The fourth-order valence-electron chi connectivity index (χ4n) is 5.40. The quantitative estimate of drug-likeness (QED) is 0.559. The highest BCUT2D eigenvalue weighted by Crippen LogP contribution is 2.39. The molecule has 3 atom stereocenters. The van der Waals surface area contributed by atoms with Gasteiger partial charge in [-0.1, -0.05) is 35.0 Å². The third-order valence-corrected chi connectivity index (χ3v) is 8.32. The van der Waals surface area contributed by atoms with Crippen molar-refractivity contribution in [1.82, 2.24) is 14.5 Å². The van der Waals surface area contributed by atoms with Gasteiger partial charge in [-0.05, 0) is 75.1 Å². The Morgan fingerprint density at radius 3 is 2.74 bits per heavy atom. The number of benzene rings is 1. The summed E-state index contributed by atoms with van der Waals surface area (Å²) in [6.45, 7) is 8.34. The van der Waals surface area contributed by atoms with Crippen LogP contribution in [0.15, 0.2) is 34.6 Å². The highest BCUT2D eigenvalue weighted by molar-refractivity contribution is 9.10. The van der Waals surface area contributed by atoms with E-state index >= 15 is 0 Å². The summed E-state index contributed by atoms with van der Waals surface area (Å²) in [5, 5.41) is 13.6. The lowest BCUT2D eigenvalue weighted by Gasteiger charge is -2.41. The molecule has 1 amide bonds. The summed E-state index contributed by atoms with van der Waals surface area (Å²) in [6.07, 6.45) is 6.51. The van der Waals surface area contributed by atoms with Crippen LogP contribution < -0.4 is 10.2 Å². The molecule has 0 bridgehead atoms. The summed E-state index contributed by atoms with van der Waals surface area (Å²) in [5.41, 5.74) is 2.93. The minimum atomic E-state index is -0.275. The summed E-state index contributed by atoms with van der Waals surface area (Å²) in [4.78, 5) is 23.0. The highest BCUT2D eigenvalue weighted by atomic mass is 79.9. The number of aliphatic hydroxyl groups excluding tert-OH is 1. The maximum Gasteiger partial charge on any atom is 0.279 e. The van der Waals surface area contributed by atoms with E-state index in [0.717, 1.165) is 53.9 Å². The summed E-state index contributed by atoms with van der Waals surface area (Å²) in [6, 6.07) is 6.48. The van der Waals surface area contributed by atoms with E-state index in [9.17, 15) is 9.90 Å². The maximum atomic E-state index is 13.9. The van der Waals surface area contributed by atoms with Crippen LogP contribution in [0.5, 0.6) is 0 Å². The molecule has 182 valence electrons. The normalized spacial score (nSPS) is 24.2. The van der Waals surface area contributed by atoms with Crippen LogP contribution in [0.4, 0.5) is 11.8 Å². The molecule has 1 aromatic carbocycles. The average Bonchev–Trinajstić information content (AvgIpc) is 3.40. The third kappa shape index (κ3) is 4.15. The fourth-order valence-corrected chi connectivity index (χ4v) is 5.82. The molecule has 0 spiro atoms. The summed E-state index contributed by atoms with van der Waals surface area (Å²) < 4.78 is 3.10. The first-order valence-corrected chi connectivity index (χ1v) is 13.3. The first-order valence-electron chi connectivity index (χ1n) is 12.5. The van der Waals surface area contributed by atoms with Gasteiger partial charge in [-0.25, -0.2) is 0 Å². The zero-order valence-corrected chi connectivity index (χ0v) is 21.8. The Labute approximate surface area is 210 Å². The van der Waals surface area contributed by atoms with E-state index < -0.39 is 0 Å². The zero-order chi connectivity index (χ0) is 24.0. The Balaban J connectivity index is 1.60. The number of hydrogen-bond donors (Lipinski definition) is 2. The van der Waals surface area contributed by atoms with E-state index in [1.165, 1.54) is 5.56 Å². The van der Waals surface area contributed by atoms with Crippen molar-refractivity contribution in [2.75, 3.05) is 23.3 Å². The van der Waals surface area contributed by atoms with E-state index in [-0.39, 0.29) is 18.1 Å². The second kappa shape index (κ2) is 9.38. The van der Waals surface area contributed by atoms with E-state index in [2.05, 4.69) is 64.3 Å². The number of anilines is 2. The Morgan fingerprint density at radius 2 is 2.06 bits per heavy atom. The molecule has 0 saturated heterocycles. The first-order chi connectivity index (χ1) is 16.4. The van der Waals surface area contributed by atoms with E-state index in [1.54, 1.807) is 0 Å². The molecule has 34 heavy (non-hydrogen) atoms. The molecule has 5 rings (SSSR count). The molecule has 2 N–H and O–H groups in total. The summed E-state index contributed by atoms with van der Waals surface area (Å²) >= 11 is 3.65. The third-order valence-electron chi connectivity index (χ3n) is 7.47. The molecule has 8 heteroatoms. The topological polar surface area (TPSA) is 73.6 Å². The van der Waals surface area contributed by atoms with Crippen LogP contribution in [0, 0.1) is 12.8 Å². The number of aliphatic hydroxyl groups is 1. The highest BCUT2D eigenvalue weighted by Gasteiger charge is 2.40. The Hall–Kier alpha value is -2.32. The number of fused-ring (bicyclic) bond motifs is 3. The number of allylic oxidation sites excluding steroid dienone is 1. The minimum absolute atomic E-state index is 0.00920. The van der Waals surface area contributed by atoms with Gasteiger partial charge >= 0.3 is 0 Å². The molecule has 1 aliphatic carbocycles. The largest absolute Gasteiger partial charge is 0.393 e. The average molecular weight is 528 g/mol. The van der Waals surface area contributed by atoms with Crippen LogP contribution >= 0.6 is 15.9 Å². The molecule has 1 fully saturated rings. The molecule has 3 heterocycles. The number of hydrogen-bond acceptors (Lipinski definition) is 5. The number of carbonyl (C=O) groups is 1. The van der Waals surface area contributed by atoms with Crippen LogP contribution in [-0.2, 0) is 6.54 Å². The number of rotatable bonds is 6. The van der Waals surface area contributed by atoms with Crippen LogP contribution in [0.3, 0.4) is 0 Å². The zero-order valence-electron chi connectivity index (χ0n) is 20.2. The Bertz CT molecular complexity index is 1130. The molecule has 2 aliphatic heterocycles. The number of nitrogens with one attached hydrogen (secondary N) is 1. The van der Waals surface area contributed by atoms with Crippen LogP contribution in [0.2, 0.25) is 0 Å². The number of carbonyl (C=O) groups excluding carboxylic acids is 1. The number of amides is 1. The molecule has 1 saturated carbocycles. The first kappa shape index (κ1) is 23.4. The molecular formula is C26H34BrN5O2. The summed E-state index contributed by atoms with van der Waals surface area (Å²) in [7, 11) is 0. The van der Waals surface area contributed by atoms with E-state index in [4.69, 9.17) is 4.98 Å². The van der Waals surface area contributed by atoms with Crippen molar-refractivity contribution in [2.24, 2.45) is 5.92 Å². The number of nitrogens with zero attached hydrogens (tertiary/aromatic N) is 4. The van der Waals surface area contributed by atoms with Crippen molar-refractivity contribution >= 4 is 33.6 Å². The van der Waals surface area contributed by atoms with Crippen LogP contribution in [0.25, 0.3) is 0 Å². The molecule has 7 nitrogen and oxygen atoms in total. The number of aryl methyl sites for hydroxylation is 1. The molecule has 3 aliphatic rings. The van der Waals surface area contributed by atoms with Gasteiger partial charge in [0.05, 0.1) is 12.6 Å².